The van der Waals surface area contributed by atoms with Gasteiger partial charge < -0.3 is 24.8 Å². The first-order valence-corrected chi connectivity index (χ1v) is 11.3. The number of methoxy groups -OCH3 is 1. The third-order valence-corrected chi connectivity index (χ3v) is 5.61. The molecule has 0 saturated carbocycles. The lowest BCUT2D eigenvalue weighted by Crippen LogP contribution is -2.35. The van der Waals surface area contributed by atoms with Crippen molar-refractivity contribution < 1.29 is 28.6 Å². The number of hydrogen-bond acceptors (Lipinski definition) is 8. The molecule has 0 fully saturated rings. The van der Waals surface area contributed by atoms with E-state index in [1.54, 1.807) is 38.1 Å². The van der Waals surface area contributed by atoms with Gasteiger partial charge in [-0.2, -0.15) is 0 Å². The molecule has 0 spiro atoms. The second-order valence-corrected chi connectivity index (χ2v) is 7.88. The summed E-state index contributed by atoms with van der Waals surface area (Å²) in [7, 11) is 1.27. The van der Waals surface area contributed by atoms with E-state index in [9.17, 15) is 14.4 Å². The highest BCUT2D eigenvalue weighted by molar-refractivity contribution is 6.31. The third kappa shape index (κ3) is 6.09. The topological polar surface area (TPSA) is 121 Å². The molecule has 2 aromatic rings. The molecule has 11 heteroatoms. The van der Waals surface area contributed by atoms with E-state index >= 15 is 0 Å². The predicted octanol–water partition coefficient (Wildman–Crippen LogP) is 2.76. The quantitative estimate of drug-likeness (QED) is 0.396. The van der Waals surface area contributed by atoms with Crippen molar-refractivity contribution in [2.24, 2.45) is 0 Å². The van der Waals surface area contributed by atoms with Gasteiger partial charge in [0.05, 0.1) is 49.7 Å². The van der Waals surface area contributed by atoms with Crippen molar-refractivity contribution >= 4 is 29.6 Å². The number of rotatable bonds is 9. The van der Waals surface area contributed by atoms with Gasteiger partial charge in [0, 0.05) is 29.7 Å². The summed E-state index contributed by atoms with van der Waals surface area (Å²) in [5, 5.41) is 6.19. The highest BCUT2D eigenvalue weighted by atomic mass is 35.5. The molecule has 1 aromatic heterocycles. The first-order valence-electron chi connectivity index (χ1n) is 10.9. The monoisotopic (exact) mass is 502 g/mol. The number of carbonyl (C=O) groups is 3. The Bertz CT molecular complexity index is 1140. The number of nitrogens with one attached hydrogen (secondary N) is 2. The summed E-state index contributed by atoms with van der Waals surface area (Å²) in [6, 6.07) is 6.63. The van der Waals surface area contributed by atoms with Crippen LogP contribution in [0.3, 0.4) is 0 Å². The molecule has 1 unspecified atom stereocenters. The van der Waals surface area contributed by atoms with Gasteiger partial charge in [-0.1, -0.05) is 29.8 Å². The average molecular weight is 503 g/mol. The van der Waals surface area contributed by atoms with E-state index in [1.165, 1.54) is 30.4 Å². The van der Waals surface area contributed by atoms with Crippen molar-refractivity contribution in [2.45, 2.75) is 19.8 Å². The molecule has 1 aromatic carbocycles. The number of benzene rings is 1. The van der Waals surface area contributed by atoms with Gasteiger partial charge >= 0.3 is 18.0 Å². The molecule has 3 rings (SSSR count). The zero-order valence-electron chi connectivity index (χ0n) is 19.7. The van der Waals surface area contributed by atoms with Crippen molar-refractivity contribution in [2.75, 3.05) is 33.5 Å². The minimum atomic E-state index is -0.823. The lowest BCUT2D eigenvalue weighted by Gasteiger charge is -2.31. The van der Waals surface area contributed by atoms with Crippen LogP contribution in [0.4, 0.5) is 4.79 Å². The lowest BCUT2D eigenvalue weighted by molar-refractivity contribution is -0.139. The van der Waals surface area contributed by atoms with Crippen molar-refractivity contribution in [3.05, 3.63) is 76.1 Å². The molecule has 1 aliphatic rings. The Balaban J connectivity index is 1.87. The number of carbonyl (C=O) groups excluding carboxylic acids is 3. The molecule has 10 nitrogen and oxygen atoms in total. The van der Waals surface area contributed by atoms with Gasteiger partial charge in [0.2, 0.25) is 0 Å². The van der Waals surface area contributed by atoms with Crippen LogP contribution in [0.25, 0.3) is 0 Å². The molecule has 1 amide bonds. The lowest BCUT2D eigenvalue weighted by atomic mass is 9.80. The van der Waals surface area contributed by atoms with Crippen LogP contribution in [0.1, 0.15) is 25.3 Å². The maximum Gasteiger partial charge on any atom is 0.336 e. The number of halogens is 1. The van der Waals surface area contributed by atoms with Crippen LogP contribution in [0.5, 0.6) is 0 Å². The first-order chi connectivity index (χ1) is 16.9. The van der Waals surface area contributed by atoms with Crippen LogP contribution in [-0.2, 0) is 23.8 Å². The number of imidazole rings is 1. The number of allylic oxidation sites excluding steroid dienone is 1. The van der Waals surface area contributed by atoms with Gasteiger partial charge in [-0.05, 0) is 25.5 Å². The van der Waals surface area contributed by atoms with E-state index in [0.717, 1.165) is 0 Å². The largest absolute Gasteiger partial charge is 0.466 e. The third-order valence-electron chi connectivity index (χ3n) is 5.27. The van der Waals surface area contributed by atoms with Crippen LogP contribution in [0.15, 0.2) is 65.5 Å². The number of nitrogens with zero attached hydrogens (tertiary/aromatic N) is 2. The summed E-state index contributed by atoms with van der Waals surface area (Å²) in [6.45, 7) is 3.95. The molecule has 0 saturated heterocycles. The minimum absolute atomic E-state index is 0.00182. The fourth-order valence-electron chi connectivity index (χ4n) is 3.74. The molecule has 0 bridgehead atoms. The average Bonchev–Trinajstić information content (AvgIpc) is 3.38. The van der Waals surface area contributed by atoms with Crippen LogP contribution in [0.2, 0.25) is 5.02 Å². The Kier molecular flexibility index (Phi) is 9.04. The Morgan fingerprint density at radius 3 is 2.63 bits per heavy atom. The number of hydrogen-bond donors (Lipinski definition) is 2. The summed E-state index contributed by atoms with van der Waals surface area (Å²) in [5.41, 5.74) is 1.94. The normalized spacial score (nSPS) is 15.5. The standard InChI is InChI=1S/C24H27ClN4O6/c1-4-35-23(31)21-18(13-34-12-10-27-24(32)29-11-9-26-14-29)28-15(2)19(22(30)33-3)20(21)16-7-5-6-8-17(16)25/h5-9,11,14,20,28H,4,10,12-13H2,1-3H3,(H,27,32). The Labute approximate surface area is 207 Å². The molecule has 1 aliphatic heterocycles. The first kappa shape index (κ1) is 26.0. The zero-order chi connectivity index (χ0) is 25.4. The maximum atomic E-state index is 13.1. The summed E-state index contributed by atoms with van der Waals surface area (Å²) in [4.78, 5) is 41.7. The molecular weight excluding hydrogens is 476 g/mol. The number of esters is 2. The van der Waals surface area contributed by atoms with Gasteiger partial charge in [-0.3, -0.25) is 4.57 Å². The van der Waals surface area contributed by atoms with E-state index in [2.05, 4.69) is 15.6 Å². The van der Waals surface area contributed by atoms with E-state index in [4.69, 9.17) is 25.8 Å². The highest BCUT2D eigenvalue weighted by Crippen LogP contribution is 2.41. The summed E-state index contributed by atoms with van der Waals surface area (Å²) in [6.07, 6.45) is 4.42. The van der Waals surface area contributed by atoms with Crippen molar-refractivity contribution in [3.63, 3.8) is 0 Å². The van der Waals surface area contributed by atoms with Crippen molar-refractivity contribution in [1.29, 1.82) is 0 Å². The van der Waals surface area contributed by atoms with Crippen molar-refractivity contribution in [1.82, 2.24) is 20.2 Å². The molecule has 0 radical (unpaired) electrons. The smallest absolute Gasteiger partial charge is 0.336 e. The van der Waals surface area contributed by atoms with Gasteiger partial charge in [0.15, 0.2) is 0 Å². The minimum Gasteiger partial charge on any atom is -0.466 e. The molecule has 35 heavy (non-hydrogen) atoms. The molecule has 1 atom stereocenters. The summed E-state index contributed by atoms with van der Waals surface area (Å²) >= 11 is 6.48. The van der Waals surface area contributed by atoms with Crippen LogP contribution < -0.4 is 10.6 Å². The SMILES string of the molecule is CCOC(=O)C1=C(COCCNC(=O)n2ccnc2)NC(C)=C(C(=O)OC)C1c1ccccc1Cl. The summed E-state index contributed by atoms with van der Waals surface area (Å²) in [5.74, 6) is -2.02. The fourth-order valence-corrected chi connectivity index (χ4v) is 3.98. The van der Waals surface area contributed by atoms with E-state index in [-0.39, 0.29) is 43.5 Å². The summed E-state index contributed by atoms with van der Waals surface area (Å²) < 4.78 is 17.4. The van der Waals surface area contributed by atoms with Crippen LogP contribution >= 0.6 is 11.6 Å². The molecule has 2 N–H and O–H groups in total. The number of ether oxygens (including phenoxy) is 3. The number of dihydropyridines is 1. The van der Waals surface area contributed by atoms with Gasteiger partial charge in [-0.15, -0.1) is 0 Å². The van der Waals surface area contributed by atoms with Crippen molar-refractivity contribution in [3.8, 4) is 0 Å². The highest BCUT2D eigenvalue weighted by Gasteiger charge is 2.39. The Hall–Kier alpha value is -3.63. The molecule has 2 heterocycles. The van der Waals surface area contributed by atoms with E-state index < -0.39 is 17.9 Å². The molecule has 186 valence electrons. The van der Waals surface area contributed by atoms with Crippen LogP contribution in [0, 0.1) is 0 Å². The number of aromatic nitrogens is 2. The van der Waals surface area contributed by atoms with E-state index in [1.807, 2.05) is 0 Å². The van der Waals surface area contributed by atoms with Gasteiger partial charge in [0.25, 0.3) is 0 Å². The predicted molar refractivity (Wildman–Crippen MR) is 128 cm³/mol. The zero-order valence-corrected chi connectivity index (χ0v) is 20.4. The second-order valence-electron chi connectivity index (χ2n) is 7.48. The fraction of sp³-hybridized carbons (Fsp3) is 0.333. The molecule has 0 aliphatic carbocycles. The van der Waals surface area contributed by atoms with E-state index in [0.29, 0.717) is 22.0 Å². The van der Waals surface area contributed by atoms with Crippen LogP contribution in [-0.4, -0.2) is 61.0 Å². The number of amides is 1. The molecular formula is C24H27ClN4O6. The van der Waals surface area contributed by atoms with Gasteiger partial charge in [0.1, 0.15) is 6.33 Å². The van der Waals surface area contributed by atoms with Gasteiger partial charge in [-0.25, -0.2) is 19.4 Å². The second kappa shape index (κ2) is 12.2. The Morgan fingerprint density at radius 2 is 1.97 bits per heavy atom. The maximum absolute atomic E-state index is 13.1. The Morgan fingerprint density at radius 1 is 1.20 bits per heavy atom.